The van der Waals surface area contributed by atoms with Gasteiger partial charge in [0.15, 0.2) is 6.10 Å². The summed E-state index contributed by atoms with van der Waals surface area (Å²) in [6.45, 7) is 6.34. The minimum atomic E-state index is -0.813. The molecule has 0 N–H and O–H groups in total. The number of allylic oxidation sites excluding steroid dienone is 20. The Kier molecular flexibility index (Phi) is 52.0. The van der Waals surface area contributed by atoms with Crippen LogP contribution in [0.15, 0.2) is 122 Å². The van der Waals surface area contributed by atoms with Gasteiger partial charge in [0.25, 0.3) is 0 Å². The van der Waals surface area contributed by atoms with Crippen molar-refractivity contribution in [2.24, 2.45) is 0 Å². The summed E-state index contributed by atoms with van der Waals surface area (Å²) in [4.78, 5) is 38.1. The van der Waals surface area contributed by atoms with Crippen LogP contribution in [0.25, 0.3) is 0 Å². The molecular weight excluding hydrogens is 841 g/mol. The van der Waals surface area contributed by atoms with Crippen LogP contribution in [-0.4, -0.2) is 37.2 Å². The Morgan fingerprint density at radius 3 is 1.01 bits per heavy atom. The molecule has 0 aromatic heterocycles. The van der Waals surface area contributed by atoms with Crippen molar-refractivity contribution in [3.8, 4) is 0 Å². The van der Waals surface area contributed by atoms with Gasteiger partial charge in [-0.2, -0.15) is 0 Å². The summed E-state index contributed by atoms with van der Waals surface area (Å²) in [6.07, 6.45) is 76.1. The SMILES string of the molecule is CC/C=C/C=C/C=C/C=C/CCCCCC(=O)OCC(COC(=O)CCCCCCCCC/C=C/CCCCCCCCCC)OC(=O)CCCCCCC/C=C/C=C/C=C/C=C/C=C/CCC. The normalized spacial score (nSPS) is 13.0. The molecule has 6 nitrogen and oxygen atoms in total. The van der Waals surface area contributed by atoms with Gasteiger partial charge in [0.2, 0.25) is 0 Å². The fraction of sp³-hybridized carbons (Fsp3) is 0.629. The number of ether oxygens (including phenoxy) is 3. The lowest BCUT2D eigenvalue weighted by Gasteiger charge is -2.18. The molecule has 0 bridgehead atoms. The first-order valence-electron chi connectivity index (χ1n) is 27.7. The van der Waals surface area contributed by atoms with Crippen molar-refractivity contribution >= 4 is 17.9 Å². The van der Waals surface area contributed by atoms with Crippen LogP contribution in [0.4, 0.5) is 0 Å². The molecule has 384 valence electrons. The fourth-order valence-corrected chi connectivity index (χ4v) is 7.24. The predicted octanol–water partition coefficient (Wildman–Crippen LogP) is 18.5. The molecule has 0 aromatic rings. The standard InChI is InChI=1S/C62H100O6/c1-4-7-10-13-16-19-22-25-27-29-31-33-34-37-40-43-46-49-52-55-61(64)67-58-59(57-66-60(63)54-51-48-45-42-39-36-24-21-18-15-12-9-6-3)68-62(65)56-53-50-47-44-41-38-35-32-30-28-26-23-20-17-14-11-8-5-2/h9,11-12,14-15,17-18,20-21,23-24,26,28-32,35-36,39,59H,4-8,10,13,16,19,22,25,27,33-34,37-38,40-58H2,1-3H3/b12-9+,14-11+,18-15+,20-17+,24-21+,26-23+,30-28+,31-29+,35-32+,39-36+. The van der Waals surface area contributed by atoms with Crippen molar-refractivity contribution in [3.05, 3.63) is 122 Å². The molecule has 0 aliphatic heterocycles. The summed E-state index contributed by atoms with van der Waals surface area (Å²) in [5.74, 6) is -0.981. The molecule has 0 saturated carbocycles. The van der Waals surface area contributed by atoms with E-state index in [0.29, 0.717) is 12.8 Å². The maximum Gasteiger partial charge on any atom is 0.306 e. The molecule has 0 radical (unpaired) electrons. The molecule has 0 aromatic carbocycles. The first-order chi connectivity index (χ1) is 33.5. The average molecular weight is 941 g/mol. The fourth-order valence-electron chi connectivity index (χ4n) is 7.24. The maximum absolute atomic E-state index is 12.8. The molecule has 6 heteroatoms. The van der Waals surface area contributed by atoms with Gasteiger partial charge in [-0.1, -0.05) is 251 Å². The van der Waals surface area contributed by atoms with Crippen LogP contribution in [0.2, 0.25) is 0 Å². The Morgan fingerprint density at radius 2 is 0.618 bits per heavy atom. The Hall–Kier alpha value is -4.19. The number of hydrogen-bond acceptors (Lipinski definition) is 6. The maximum atomic E-state index is 12.8. The average Bonchev–Trinajstić information content (AvgIpc) is 3.34. The first-order valence-corrected chi connectivity index (χ1v) is 27.7. The number of unbranched alkanes of at least 4 members (excludes halogenated alkanes) is 24. The van der Waals surface area contributed by atoms with E-state index in [0.717, 1.165) is 96.3 Å². The Morgan fingerprint density at radius 1 is 0.309 bits per heavy atom. The molecule has 0 aliphatic carbocycles. The van der Waals surface area contributed by atoms with Crippen LogP contribution < -0.4 is 0 Å². The number of hydrogen-bond donors (Lipinski definition) is 0. The summed E-state index contributed by atoms with van der Waals surface area (Å²) in [5, 5.41) is 0. The van der Waals surface area contributed by atoms with Gasteiger partial charge in [0, 0.05) is 19.3 Å². The molecule has 0 heterocycles. The van der Waals surface area contributed by atoms with Gasteiger partial charge in [-0.25, -0.2) is 0 Å². The Bertz CT molecular complexity index is 1450. The molecule has 0 rings (SSSR count). The molecule has 0 saturated heterocycles. The van der Waals surface area contributed by atoms with E-state index < -0.39 is 6.10 Å². The van der Waals surface area contributed by atoms with Gasteiger partial charge in [0.1, 0.15) is 13.2 Å². The zero-order valence-electron chi connectivity index (χ0n) is 43.8. The summed E-state index contributed by atoms with van der Waals surface area (Å²) >= 11 is 0. The highest BCUT2D eigenvalue weighted by molar-refractivity contribution is 5.71. The molecule has 0 spiro atoms. The largest absolute Gasteiger partial charge is 0.462 e. The zero-order valence-corrected chi connectivity index (χ0v) is 43.8. The second-order valence-electron chi connectivity index (χ2n) is 18.0. The second-order valence-corrected chi connectivity index (χ2v) is 18.0. The van der Waals surface area contributed by atoms with E-state index in [2.05, 4.69) is 69.4 Å². The Balaban J connectivity index is 4.49. The first kappa shape index (κ1) is 63.8. The summed E-state index contributed by atoms with van der Waals surface area (Å²) in [5.41, 5.74) is 0. The van der Waals surface area contributed by atoms with Crippen molar-refractivity contribution < 1.29 is 28.6 Å². The van der Waals surface area contributed by atoms with E-state index >= 15 is 0 Å². The number of carbonyl (C=O) groups excluding carboxylic acids is 3. The highest BCUT2D eigenvalue weighted by Gasteiger charge is 2.19. The van der Waals surface area contributed by atoms with Gasteiger partial charge >= 0.3 is 17.9 Å². The van der Waals surface area contributed by atoms with Crippen molar-refractivity contribution in [1.29, 1.82) is 0 Å². The van der Waals surface area contributed by atoms with Crippen LogP contribution in [0.3, 0.4) is 0 Å². The minimum absolute atomic E-state index is 0.107. The summed E-state index contributed by atoms with van der Waals surface area (Å²) < 4.78 is 16.8. The monoisotopic (exact) mass is 941 g/mol. The lowest BCUT2D eigenvalue weighted by molar-refractivity contribution is -0.167. The van der Waals surface area contributed by atoms with Crippen molar-refractivity contribution in [1.82, 2.24) is 0 Å². The van der Waals surface area contributed by atoms with Crippen molar-refractivity contribution in [3.63, 3.8) is 0 Å². The van der Waals surface area contributed by atoms with E-state index in [1.807, 2.05) is 72.9 Å². The third-order valence-electron chi connectivity index (χ3n) is 11.4. The highest BCUT2D eigenvalue weighted by Crippen LogP contribution is 2.14. The molecule has 0 fully saturated rings. The topological polar surface area (TPSA) is 78.9 Å². The quantitative estimate of drug-likeness (QED) is 0.0199. The predicted molar refractivity (Wildman–Crippen MR) is 293 cm³/mol. The van der Waals surface area contributed by atoms with Gasteiger partial charge in [-0.15, -0.1) is 0 Å². The molecular formula is C62H100O6. The van der Waals surface area contributed by atoms with E-state index in [9.17, 15) is 14.4 Å². The number of rotatable bonds is 48. The smallest absolute Gasteiger partial charge is 0.306 e. The third kappa shape index (κ3) is 52.8. The number of carbonyl (C=O) groups is 3. The van der Waals surface area contributed by atoms with Gasteiger partial charge < -0.3 is 14.2 Å². The highest BCUT2D eigenvalue weighted by atomic mass is 16.6. The third-order valence-corrected chi connectivity index (χ3v) is 11.4. The number of esters is 3. The molecule has 1 unspecified atom stereocenters. The lowest BCUT2D eigenvalue weighted by Crippen LogP contribution is -2.30. The van der Waals surface area contributed by atoms with E-state index in [-0.39, 0.29) is 37.5 Å². The minimum Gasteiger partial charge on any atom is -0.462 e. The van der Waals surface area contributed by atoms with Gasteiger partial charge in [-0.3, -0.25) is 14.4 Å². The summed E-state index contributed by atoms with van der Waals surface area (Å²) in [6, 6.07) is 0. The van der Waals surface area contributed by atoms with E-state index in [1.165, 1.54) is 96.3 Å². The van der Waals surface area contributed by atoms with Crippen LogP contribution in [0, 0.1) is 0 Å². The van der Waals surface area contributed by atoms with Crippen LogP contribution >= 0.6 is 0 Å². The summed E-state index contributed by atoms with van der Waals surface area (Å²) in [7, 11) is 0. The molecule has 0 aliphatic rings. The van der Waals surface area contributed by atoms with E-state index in [4.69, 9.17) is 14.2 Å². The zero-order chi connectivity index (χ0) is 49.3. The second kappa shape index (κ2) is 55.4. The van der Waals surface area contributed by atoms with Gasteiger partial charge in [0.05, 0.1) is 0 Å². The van der Waals surface area contributed by atoms with Crippen LogP contribution in [0.1, 0.15) is 233 Å². The van der Waals surface area contributed by atoms with Gasteiger partial charge in [-0.05, 0) is 83.5 Å². The van der Waals surface area contributed by atoms with Crippen molar-refractivity contribution in [2.45, 2.75) is 239 Å². The molecule has 68 heavy (non-hydrogen) atoms. The van der Waals surface area contributed by atoms with E-state index in [1.54, 1.807) is 0 Å². The van der Waals surface area contributed by atoms with Crippen LogP contribution in [-0.2, 0) is 28.6 Å². The molecule has 0 amide bonds. The van der Waals surface area contributed by atoms with Crippen molar-refractivity contribution in [2.75, 3.05) is 13.2 Å². The van der Waals surface area contributed by atoms with Crippen LogP contribution in [0.5, 0.6) is 0 Å². The Labute approximate surface area is 418 Å². The lowest BCUT2D eigenvalue weighted by atomic mass is 10.1. The molecule has 1 atom stereocenters.